The van der Waals surface area contributed by atoms with E-state index in [0.29, 0.717) is 24.6 Å². The van der Waals surface area contributed by atoms with E-state index in [1.807, 2.05) is 32.2 Å². The summed E-state index contributed by atoms with van der Waals surface area (Å²) in [5.41, 5.74) is 0.648. The average Bonchev–Trinajstić information content (AvgIpc) is 2.91. The van der Waals surface area contributed by atoms with Crippen molar-refractivity contribution in [2.75, 3.05) is 13.2 Å². The van der Waals surface area contributed by atoms with Crippen LogP contribution in [0.2, 0.25) is 0 Å². The van der Waals surface area contributed by atoms with E-state index in [1.165, 1.54) is 0 Å². The predicted octanol–water partition coefficient (Wildman–Crippen LogP) is 2.66. The van der Waals surface area contributed by atoms with Gasteiger partial charge in [-0.2, -0.15) is 0 Å². The van der Waals surface area contributed by atoms with Crippen LogP contribution in [-0.4, -0.2) is 28.6 Å². The number of hydrogen-bond donors (Lipinski definition) is 1. The fourth-order valence-electron chi connectivity index (χ4n) is 2.24. The van der Waals surface area contributed by atoms with Crippen molar-refractivity contribution in [3.05, 3.63) is 48.0 Å². The van der Waals surface area contributed by atoms with E-state index in [-0.39, 0.29) is 5.91 Å². The smallest absolute Gasteiger partial charge is 0.251 e. The van der Waals surface area contributed by atoms with Gasteiger partial charge in [-0.15, -0.1) is 0 Å². The highest BCUT2D eigenvalue weighted by atomic mass is 16.5. The van der Waals surface area contributed by atoms with Crippen molar-refractivity contribution in [1.82, 2.24) is 14.9 Å². The van der Waals surface area contributed by atoms with Crippen molar-refractivity contribution in [2.24, 2.45) is 5.92 Å². The summed E-state index contributed by atoms with van der Waals surface area (Å²) >= 11 is 0. The molecule has 0 aliphatic carbocycles. The second kappa shape index (κ2) is 7.64. The SMILES string of the molecule is CCOc1ccc(C(=O)NC[C@@H](C)Cn2ccnc2C)cc1. The van der Waals surface area contributed by atoms with Gasteiger partial charge in [-0.3, -0.25) is 4.79 Å². The summed E-state index contributed by atoms with van der Waals surface area (Å²) in [4.78, 5) is 16.3. The molecule has 118 valence electrons. The Bertz CT molecular complexity index is 605. The van der Waals surface area contributed by atoms with E-state index in [4.69, 9.17) is 4.74 Å². The summed E-state index contributed by atoms with van der Waals surface area (Å²) < 4.78 is 7.46. The Balaban J connectivity index is 1.82. The highest BCUT2D eigenvalue weighted by molar-refractivity contribution is 5.94. The summed E-state index contributed by atoms with van der Waals surface area (Å²) in [5, 5.41) is 2.97. The maximum atomic E-state index is 12.1. The first-order valence-corrected chi connectivity index (χ1v) is 7.59. The Hall–Kier alpha value is -2.30. The van der Waals surface area contributed by atoms with E-state index in [2.05, 4.69) is 21.8 Å². The number of amides is 1. The zero-order valence-electron chi connectivity index (χ0n) is 13.4. The topological polar surface area (TPSA) is 56.1 Å². The van der Waals surface area contributed by atoms with Crippen molar-refractivity contribution in [3.63, 3.8) is 0 Å². The van der Waals surface area contributed by atoms with Gasteiger partial charge in [-0.05, 0) is 44.0 Å². The molecule has 0 spiro atoms. The van der Waals surface area contributed by atoms with Gasteiger partial charge in [0.15, 0.2) is 0 Å². The molecule has 1 aromatic carbocycles. The molecule has 0 saturated carbocycles. The second-order valence-electron chi connectivity index (χ2n) is 5.40. The first-order valence-electron chi connectivity index (χ1n) is 7.59. The quantitative estimate of drug-likeness (QED) is 0.855. The van der Waals surface area contributed by atoms with E-state index < -0.39 is 0 Å². The monoisotopic (exact) mass is 301 g/mol. The van der Waals surface area contributed by atoms with Gasteiger partial charge in [0.1, 0.15) is 11.6 Å². The zero-order valence-corrected chi connectivity index (χ0v) is 13.4. The highest BCUT2D eigenvalue weighted by Gasteiger charge is 2.09. The Morgan fingerprint density at radius 3 is 2.68 bits per heavy atom. The summed E-state index contributed by atoms with van der Waals surface area (Å²) in [7, 11) is 0. The van der Waals surface area contributed by atoms with Gasteiger partial charge in [-0.1, -0.05) is 6.92 Å². The van der Waals surface area contributed by atoms with Crippen LogP contribution in [-0.2, 0) is 6.54 Å². The molecule has 2 aromatic rings. The second-order valence-corrected chi connectivity index (χ2v) is 5.40. The Kier molecular flexibility index (Phi) is 5.58. The number of hydrogen-bond acceptors (Lipinski definition) is 3. The van der Waals surface area contributed by atoms with Gasteiger partial charge in [0.05, 0.1) is 6.61 Å². The van der Waals surface area contributed by atoms with Crippen LogP contribution in [0.5, 0.6) is 5.75 Å². The van der Waals surface area contributed by atoms with Gasteiger partial charge in [0, 0.05) is 31.0 Å². The van der Waals surface area contributed by atoms with Crippen LogP contribution < -0.4 is 10.1 Å². The average molecular weight is 301 g/mol. The third-order valence-corrected chi connectivity index (χ3v) is 3.47. The molecule has 0 fully saturated rings. The maximum Gasteiger partial charge on any atom is 0.251 e. The third kappa shape index (κ3) is 4.35. The number of aryl methyl sites for hydroxylation is 1. The van der Waals surface area contributed by atoms with E-state index in [0.717, 1.165) is 18.1 Å². The molecular formula is C17H23N3O2. The molecule has 2 rings (SSSR count). The molecule has 1 aromatic heterocycles. The molecule has 0 aliphatic heterocycles. The number of nitrogens with zero attached hydrogens (tertiary/aromatic N) is 2. The van der Waals surface area contributed by atoms with E-state index >= 15 is 0 Å². The largest absolute Gasteiger partial charge is 0.494 e. The van der Waals surface area contributed by atoms with Crippen LogP contribution in [0.4, 0.5) is 0 Å². The van der Waals surface area contributed by atoms with Crippen molar-refractivity contribution in [3.8, 4) is 5.75 Å². The van der Waals surface area contributed by atoms with Crippen molar-refractivity contribution in [2.45, 2.75) is 27.3 Å². The maximum absolute atomic E-state index is 12.1. The molecule has 1 N–H and O–H groups in total. The lowest BCUT2D eigenvalue weighted by Gasteiger charge is -2.14. The van der Waals surface area contributed by atoms with Crippen molar-refractivity contribution in [1.29, 1.82) is 0 Å². The third-order valence-electron chi connectivity index (χ3n) is 3.47. The lowest BCUT2D eigenvalue weighted by molar-refractivity contribution is 0.0947. The summed E-state index contributed by atoms with van der Waals surface area (Å²) in [6, 6.07) is 7.20. The normalized spacial score (nSPS) is 12.0. The van der Waals surface area contributed by atoms with Gasteiger partial charge in [0.25, 0.3) is 5.91 Å². The molecule has 0 aliphatic rings. The molecule has 1 heterocycles. The zero-order chi connectivity index (χ0) is 15.9. The number of nitrogens with one attached hydrogen (secondary N) is 1. The van der Waals surface area contributed by atoms with Crippen molar-refractivity contribution >= 4 is 5.91 Å². The number of ether oxygens (including phenoxy) is 1. The van der Waals surface area contributed by atoms with Crippen LogP contribution in [0.1, 0.15) is 30.0 Å². The van der Waals surface area contributed by atoms with Crippen LogP contribution in [0.3, 0.4) is 0 Å². The summed E-state index contributed by atoms with van der Waals surface area (Å²) in [5.74, 6) is 2.05. The fourth-order valence-corrected chi connectivity index (χ4v) is 2.24. The number of aromatic nitrogens is 2. The molecule has 5 heteroatoms. The van der Waals surface area contributed by atoms with Gasteiger partial charge in [-0.25, -0.2) is 4.98 Å². The Morgan fingerprint density at radius 1 is 1.36 bits per heavy atom. The minimum Gasteiger partial charge on any atom is -0.494 e. The van der Waals surface area contributed by atoms with Crippen LogP contribution in [0.25, 0.3) is 0 Å². The minimum atomic E-state index is -0.0581. The molecule has 1 amide bonds. The Morgan fingerprint density at radius 2 is 2.09 bits per heavy atom. The van der Waals surface area contributed by atoms with Gasteiger partial charge in [0.2, 0.25) is 0 Å². The van der Waals surface area contributed by atoms with Gasteiger partial charge < -0.3 is 14.6 Å². The lowest BCUT2D eigenvalue weighted by atomic mass is 10.1. The first kappa shape index (κ1) is 16.1. The minimum absolute atomic E-state index is 0.0581. The lowest BCUT2D eigenvalue weighted by Crippen LogP contribution is -2.30. The molecule has 0 unspecified atom stereocenters. The summed E-state index contributed by atoms with van der Waals surface area (Å²) in [6.07, 6.45) is 3.75. The van der Waals surface area contributed by atoms with Crippen LogP contribution >= 0.6 is 0 Å². The van der Waals surface area contributed by atoms with Gasteiger partial charge >= 0.3 is 0 Å². The molecular weight excluding hydrogens is 278 g/mol. The molecule has 0 bridgehead atoms. The number of benzene rings is 1. The molecule has 0 saturated heterocycles. The number of rotatable bonds is 7. The highest BCUT2D eigenvalue weighted by Crippen LogP contribution is 2.12. The molecule has 1 atom stereocenters. The number of imidazole rings is 1. The standard InChI is InChI=1S/C17H23N3O2/c1-4-22-16-7-5-15(6-8-16)17(21)19-11-13(2)12-20-10-9-18-14(20)3/h5-10,13H,4,11-12H2,1-3H3,(H,19,21)/t13-/m1/s1. The summed E-state index contributed by atoms with van der Waals surface area (Å²) in [6.45, 7) is 8.11. The first-order chi connectivity index (χ1) is 10.6. The number of carbonyl (C=O) groups excluding carboxylic acids is 1. The molecule has 22 heavy (non-hydrogen) atoms. The molecule has 0 radical (unpaired) electrons. The van der Waals surface area contributed by atoms with E-state index in [9.17, 15) is 4.79 Å². The van der Waals surface area contributed by atoms with Crippen LogP contribution in [0.15, 0.2) is 36.7 Å². The Labute approximate surface area is 131 Å². The number of carbonyl (C=O) groups is 1. The fraction of sp³-hybridized carbons (Fsp3) is 0.412. The van der Waals surface area contributed by atoms with Crippen LogP contribution in [0, 0.1) is 12.8 Å². The predicted molar refractivity (Wildman–Crippen MR) is 86.1 cm³/mol. The van der Waals surface area contributed by atoms with Crippen molar-refractivity contribution < 1.29 is 9.53 Å². The van der Waals surface area contributed by atoms with E-state index in [1.54, 1.807) is 18.3 Å². The molecule has 5 nitrogen and oxygen atoms in total.